The van der Waals surface area contributed by atoms with Crippen LogP contribution >= 0.6 is 0 Å². The van der Waals surface area contributed by atoms with Gasteiger partial charge < -0.3 is 10.6 Å². The maximum atomic E-state index is 13.1. The van der Waals surface area contributed by atoms with Gasteiger partial charge in [-0.05, 0) is 29.8 Å². The van der Waals surface area contributed by atoms with Crippen LogP contribution in [-0.4, -0.2) is 35.3 Å². The number of halogens is 2. The largest absolute Gasteiger partial charge is 0.351 e. The number of aromatic nitrogens is 1. The molecule has 136 valence electrons. The SMILES string of the molecule is O=C(Nc1cccc(CNC(=O)C2CC(F)(F)CN2)c1)c1ccncc1. The lowest BCUT2D eigenvalue weighted by Crippen LogP contribution is -2.40. The number of alkyl halides is 2. The van der Waals surface area contributed by atoms with Crippen molar-refractivity contribution < 1.29 is 18.4 Å². The lowest BCUT2D eigenvalue weighted by Gasteiger charge is -2.12. The van der Waals surface area contributed by atoms with E-state index in [1.165, 1.54) is 12.4 Å². The summed E-state index contributed by atoms with van der Waals surface area (Å²) in [6.45, 7) is -0.302. The smallest absolute Gasteiger partial charge is 0.262 e. The second kappa shape index (κ2) is 7.57. The molecule has 6 nitrogen and oxygen atoms in total. The molecule has 1 atom stereocenters. The lowest BCUT2D eigenvalue weighted by atomic mass is 10.1. The first kappa shape index (κ1) is 17.9. The quantitative estimate of drug-likeness (QED) is 0.761. The van der Waals surface area contributed by atoms with Gasteiger partial charge in [-0.15, -0.1) is 0 Å². The van der Waals surface area contributed by atoms with Crippen molar-refractivity contribution in [2.75, 3.05) is 11.9 Å². The molecule has 1 fully saturated rings. The Bertz CT molecular complexity index is 799. The fourth-order valence-corrected chi connectivity index (χ4v) is 2.68. The zero-order valence-electron chi connectivity index (χ0n) is 13.8. The molecule has 2 heterocycles. The summed E-state index contributed by atoms with van der Waals surface area (Å²) < 4.78 is 26.3. The molecular formula is C18H18F2N4O2. The Morgan fingerprint density at radius 3 is 2.69 bits per heavy atom. The summed E-state index contributed by atoms with van der Waals surface area (Å²) in [6.07, 6.45) is 2.56. The van der Waals surface area contributed by atoms with Crippen LogP contribution in [0.2, 0.25) is 0 Å². The molecule has 3 rings (SSSR count). The highest BCUT2D eigenvalue weighted by atomic mass is 19.3. The molecule has 1 aromatic carbocycles. The minimum atomic E-state index is -2.85. The van der Waals surface area contributed by atoms with E-state index in [4.69, 9.17) is 0 Å². The van der Waals surface area contributed by atoms with Gasteiger partial charge in [0.25, 0.3) is 11.8 Å². The van der Waals surface area contributed by atoms with E-state index in [2.05, 4.69) is 20.9 Å². The monoisotopic (exact) mass is 360 g/mol. The number of amides is 2. The summed E-state index contributed by atoms with van der Waals surface area (Å²) in [7, 11) is 0. The molecule has 2 amide bonds. The molecule has 1 unspecified atom stereocenters. The number of carbonyl (C=O) groups is 2. The van der Waals surface area contributed by atoms with Crippen molar-refractivity contribution in [2.45, 2.75) is 24.9 Å². The van der Waals surface area contributed by atoms with E-state index in [0.29, 0.717) is 11.3 Å². The van der Waals surface area contributed by atoms with E-state index in [-0.39, 0.29) is 12.5 Å². The average Bonchev–Trinajstić information content (AvgIpc) is 3.01. The molecule has 3 N–H and O–H groups in total. The van der Waals surface area contributed by atoms with Crippen LogP contribution in [0, 0.1) is 0 Å². The van der Waals surface area contributed by atoms with E-state index in [1.807, 2.05) is 0 Å². The highest BCUT2D eigenvalue weighted by molar-refractivity contribution is 6.04. The van der Waals surface area contributed by atoms with Gasteiger partial charge in [-0.2, -0.15) is 0 Å². The van der Waals surface area contributed by atoms with Crippen LogP contribution in [0.4, 0.5) is 14.5 Å². The molecule has 0 aliphatic carbocycles. The van der Waals surface area contributed by atoms with Crippen LogP contribution in [-0.2, 0) is 11.3 Å². The lowest BCUT2D eigenvalue weighted by molar-refractivity contribution is -0.123. The molecule has 0 bridgehead atoms. The summed E-state index contributed by atoms with van der Waals surface area (Å²) in [6, 6.07) is 9.28. The van der Waals surface area contributed by atoms with Crippen LogP contribution in [0.5, 0.6) is 0 Å². The van der Waals surface area contributed by atoms with Crippen LogP contribution in [0.15, 0.2) is 48.8 Å². The Labute approximate surface area is 149 Å². The normalized spacial score (nSPS) is 18.3. The highest BCUT2D eigenvalue weighted by Gasteiger charge is 2.42. The van der Waals surface area contributed by atoms with Gasteiger partial charge in [0.15, 0.2) is 0 Å². The van der Waals surface area contributed by atoms with Crippen molar-refractivity contribution in [1.82, 2.24) is 15.6 Å². The summed E-state index contributed by atoms with van der Waals surface area (Å²) in [5.41, 5.74) is 1.80. The van der Waals surface area contributed by atoms with Gasteiger partial charge in [-0.3, -0.25) is 19.9 Å². The van der Waals surface area contributed by atoms with Crippen molar-refractivity contribution in [3.05, 3.63) is 59.9 Å². The molecule has 2 aromatic rings. The Balaban J connectivity index is 1.56. The molecule has 1 aliphatic heterocycles. The number of pyridine rings is 1. The molecule has 0 spiro atoms. The van der Waals surface area contributed by atoms with E-state index in [1.54, 1.807) is 36.4 Å². The number of carbonyl (C=O) groups excluding carboxylic acids is 2. The van der Waals surface area contributed by atoms with Crippen LogP contribution in [0.3, 0.4) is 0 Å². The number of anilines is 1. The zero-order valence-corrected chi connectivity index (χ0v) is 13.8. The van der Waals surface area contributed by atoms with Gasteiger partial charge in [-0.1, -0.05) is 12.1 Å². The van der Waals surface area contributed by atoms with E-state index in [9.17, 15) is 18.4 Å². The summed E-state index contributed by atoms with van der Waals surface area (Å²) >= 11 is 0. The maximum Gasteiger partial charge on any atom is 0.262 e. The summed E-state index contributed by atoms with van der Waals surface area (Å²) in [4.78, 5) is 28.0. The average molecular weight is 360 g/mol. The summed E-state index contributed by atoms with van der Waals surface area (Å²) in [5.74, 6) is -3.58. The molecule has 0 radical (unpaired) electrons. The third-order valence-corrected chi connectivity index (χ3v) is 4.02. The maximum absolute atomic E-state index is 13.1. The molecule has 1 aliphatic rings. The van der Waals surface area contributed by atoms with Gasteiger partial charge in [0.1, 0.15) is 0 Å². The van der Waals surface area contributed by atoms with E-state index in [0.717, 1.165) is 5.56 Å². The Morgan fingerprint density at radius 2 is 2.00 bits per heavy atom. The predicted octanol–water partition coefficient (Wildman–Crippen LogP) is 1.95. The van der Waals surface area contributed by atoms with E-state index < -0.39 is 30.8 Å². The molecular weight excluding hydrogens is 342 g/mol. The fraction of sp³-hybridized carbons (Fsp3) is 0.278. The number of benzene rings is 1. The second-order valence-electron chi connectivity index (χ2n) is 6.10. The number of rotatable bonds is 5. The van der Waals surface area contributed by atoms with Gasteiger partial charge in [0.2, 0.25) is 5.91 Å². The number of nitrogens with zero attached hydrogens (tertiary/aromatic N) is 1. The molecule has 26 heavy (non-hydrogen) atoms. The van der Waals surface area contributed by atoms with Crippen molar-refractivity contribution >= 4 is 17.5 Å². The highest BCUT2D eigenvalue weighted by Crippen LogP contribution is 2.25. The molecule has 0 saturated carbocycles. The number of hydrogen-bond acceptors (Lipinski definition) is 4. The summed E-state index contributed by atoms with van der Waals surface area (Å²) in [5, 5.41) is 7.91. The predicted molar refractivity (Wildman–Crippen MR) is 91.8 cm³/mol. The van der Waals surface area contributed by atoms with Crippen LogP contribution in [0.1, 0.15) is 22.3 Å². The van der Waals surface area contributed by atoms with E-state index >= 15 is 0 Å². The number of hydrogen-bond donors (Lipinski definition) is 3. The van der Waals surface area contributed by atoms with Crippen molar-refractivity contribution in [3.63, 3.8) is 0 Å². The first-order valence-corrected chi connectivity index (χ1v) is 8.12. The van der Waals surface area contributed by atoms with Crippen molar-refractivity contribution in [2.24, 2.45) is 0 Å². The fourth-order valence-electron chi connectivity index (χ4n) is 2.68. The first-order chi connectivity index (χ1) is 12.4. The van der Waals surface area contributed by atoms with Crippen molar-refractivity contribution in [3.8, 4) is 0 Å². The Morgan fingerprint density at radius 1 is 1.23 bits per heavy atom. The van der Waals surface area contributed by atoms with Gasteiger partial charge in [0, 0.05) is 36.6 Å². The first-order valence-electron chi connectivity index (χ1n) is 8.12. The van der Waals surface area contributed by atoms with Gasteiger partial charge >= 0.3 is 0 Å². The minimum Gasteiger partial charge on any atom is -0.351 e. The third kappa shape index (κ3) is 4.60. The Kier molecular flexibility index (Phi) is 5.22. The standard InChI is InChI=1S/C18H18F2N4O2/c19-18(20)9-15(23-11-18)17(26)22-10-12-2-1-3-14(8-12)24-16(25)13-4-6-21-7-5-13/h1-8,15,23H,9-11H2,(H,22,26)(H,24,25). The second-order valence-corrected chi connectivity index (χ2v) is 6.10. The Hall–Kier alpha value is -2.87. The number of nitrogens with one attached hydrogen (secondary N) is 3. The third-order valence-electron chi connectivity index (χ3n) is 4.02. The minimum absolute atomic E-state index is 0.182. The van der Waals surface area contributed by atoms with Crippen molar-refractivity contribution in [1.29, 1.82) is 0 Å². The zero-order chi connectivity index (χ0) is 18.6. The van der Waals surface area contributed by atoms with Gasteiger partial charge in [-0.25, -0.2) is 8.78 Å². The molecule has 1 aromatic heterocycles. The topological polar surface area (TPSA) is 83.1 Å². The van der Waals surface area contributed by atoms with Crippen LogP contribution < -0.4 is 16.0 Å². The molecule has 8 heteroatoms. The van der Waals surface area contributed by atoms with Crippen LogP contribution in [0.25, 0.3) is 0 Å². The molecule has 1 saturated heterocycles. The van der Waals surface area contributed by atoms with Gasteiger partial charge in [0.05, 0.1) is 12.6 Å².